The van der Waals surface area contributed by atoms with Gasteiger partial charge in [-0.1, -0.05) is 38.3 Å². The van der Waals surface area contributed by atoms with Crippen LogP contribution in [0.2, 0.25) is 0 Å². The van der Waals surface area contributed by atoms with Gasteiger partial charge in [-0.15, -0.1) is 0 Å². The van der Waals surface area contributed by atoms with Gasteiger partial charge >= 0.3 is 0 Å². The normalized spacial score (nSPS) is 10.7. The minimum atomic E-state index is -0.466. The third kappa shape index (κ3) is 7.20. The molecule has 1 amide bonds. The molecular formula is C15H21N3O3. The molecule has 0 saturated carbocycles. The van der Waals surface area contributed by atoms with Gasteiger partial charge in [0, 0.05) is 18.3 Å². The van der Waals surface area contributed by atoms with Crippen LogP contribution in [0.25, 0.3) is 0 Å². The van der Waals surface area contributed by atoms with Crippen LogP contribution in [-0.4, -0.2) is 17.0 Å². The zero-order chi connectivity index (χ0) is 15.5. The van der Waals surface area contributed by atoms with E-state index >= 15 is 0 Å². The van der Waals surface area contributed by atoms with E-state index in [0.717, 1.165) is 18.4 Å². The smallest absolute Gasteiger partial charge is 0.269 e. The number of carbonyl (C=O) groups excluding carboxylic acids is 1. The minimum absolute atomic E-state index is 0.0178. The van der Waals surface area contributed by atoms with Gasteiger partial charge in [0.25, 0.3) is 5.69 Å². The Morgan fingerprint density at radius 3 is 2.62 bits per heavy atom. The highest BCUT2D eigenvalue weighted by Crippen LogP contribution is 2.12. The Kier molecular flexibility index (Phi) is 7.71. The number of carbonyl (C=O) groups is 1. The molecular weight excluding hydrogens is 270 g/mol. The lowest BCUT2D eigenvalue weighted by atomic mass is 10.1. The number of amides is 1. The molecule has 0 saturated heterocycles. The number of unbranched alkanes of at least 4 members (excludes halogenated alkanes) is 4. The van der Waals surface area contributed by atoms with E-state index in [-0.39, 0.29) is 18.0 Å². The van der Waals surface area contributed by atoms with Crippen molar-refractivity contribution < 1.29 is 9.72 Å². The summed E-state index contributed by atoms with van der Waals surface area (Å²) < 4.78 is 0. The fourth-order valence-corrected chi connectivity index (χ4v) is 1.81. The summed E-state index contributed by atoms with van der Waals surface area (Å²) >= 11 is 0. The number of rotatable bonds is 9. The molecule has 6 nitrogen and oxygen atoms in total. The number of nitrogens with zero attached hydrogens (tertiary/aromatic N) is 2. The number of benzene rings is 1. The summed E-state index contributed by atoms with van der Waals surface area (Å²) in [5, 5.41) is 14.4. The molecule has 0 aliphatic rings. The van der Waals surface area contributed by atoms with Crippen LogP contribution in [0.4, 0.5) is 5.69 Å². The van der Waals surface area contributed by atoms with Crippen molar-refractivity contribution in [2.24, 2.45) is 5.10 Å². The molecule has 0 atom stereocenters. The van der Waals surface area contributed by atoms with Crippen LogP contribution >= 0.6 is 0 Å². The van der Waals surface area contributed by atoms with Crippen molar-refractivity contribution in [1.82, 2.24) is 5.43 Å². The minimum Gasteiger partial charge on any atom is -0.273 e. The molecule has 1 rings (SSSR count). The zero-order valence-corrected chi connectivity index (χ0v) is 12.2. The lowest BCUT2D eigenvalue weighted by Gasteiger charge is -2.00. The molecule has 6 heteroatoms. The van der Waals surface area contributed by atoms with Crippen LogP contribution in [-0.2, 0) is 11.2 Å². The van der Waals surface area contributed by atoms with Crippen molar-refractivity contribution in [2.45, 2.75) is 45.4 Å². The molecule has 1 aromatic carbocycles. The number of hydrogen-bond donors (Lipinski definition) is 1. The Bertz CT molecular complexity index is 483. The molecule has 0 heterocycles. The number of nitro benzene ring substituents is 1. The molecule has 1 aromatic rings. The summed E-state index contributed by atoms with van der Waals surface area (Å²) in [6, 6.07) is 5.93. The summed E-state index contributed by atoms with van der Waals surface area (Å²) in [7, 11) is 0. The molecule has 21 heavy (non-hydrogen) atoms. The molecule has 114 valence electrons. The van der Waals surface area contributed by atoms with Crippen molar-refractivity contribution in [3.63, 3.8) is 0 Å². The van der Waals surface area contributed by atoms with Crippen molar-refractivity contribution in [3.8, 4) is 0 Å². The van der Waals surface area contributed by atoms with Gasteiger partial charge in [-0.2, -0.15) is 5.10 Å². The monoisotopic (exact) mass is 291 g/mol. The molecule has 0 aliphatic heterocycles. The van der Waals surface area contributed by atoms with Gasteiger partial charge in [-0.3, -0.25) is 14.9 Å². The lowest BCUT2D eigenvalue weighted by molar-refractivity contribution is -0.384. The Labute approximate surface area is 124 Å². The summed E-state index contributed by atoms with van der Waals surface area (Å²) in [6.07, 6.45) is 7.41. The van der Waals surface area contributed by atoms with Crippen molar-refractivity contribution >= 4 is 17.8 Å². The number of nitrogens with one attached hydrogen (secondary N) is 1. The highest BCUT2D eigenvalue weighted by atomic mass is 16.6. The number of non-ortho nitro benzene ring substituents is 1. The quantitative estimate of drug-likeness (QED) is 0.328. The maximum absolute atomic E-state index is 11.6. The topological polar surface area (TPSA) is 84.6 Å². The second-order valence-corrected chi connectivity index (χ2v) is 4.80. The van der Waals surface area contributed by atoms with Crippen LogP contribution in [0, 0.1) is 10.1 Å². The van der Waals surface area contributed by atoms with Crippen LogP contribution < -0.4 is 5.43 Å². The standard InChI is InChI=1S/C15H21N3O3/c1-2-3-4-5-6-11-16-17-15(19)12-13-7-9-14(10-8-13)18(20)21/h7-11H,2-6,12H2,1H3,(H,17,19)/b16-11+. The SMILES string of the molecule is CCCCCC/C=N/NC(=O)Cc1ccc([N+](=O)[O-])cc1. The Morgan fingerprint density at radius 2 is 2.00 bits per heavy atom. The zero-order valence-electron chi connectivity index (χ0n) is 12.2. The van der Waals surface area contributed by atoms with Crippen molar-refractivity contribution in [2.75, 3.05) is 0 Å². The Balaban J connectivity index is 2.27. The van der Waals surface area contributed by atoms with E-state index in [9.17, 15) is 14.9 Å². The average Bonchev–Trinajstić information content (AvgIpc) is 2.47. The molecule has 0 radical (unpaired) electrons. The van der Waals surface area contributed by atoms with Gasteiger partial charge in [-0.25, -0.2) is 5.43 Å². The van der Waals surface area contributed by atoms with Gasteiger partial charge in [0.15, 0.2) is 0 Å². The highest BCUT2D eigenvalue weighted by Gasteiger charge is 2.06. The fourth-order valence-electron chi connectivity index (χ4n) is 1.81. The maximum Gasteiger partial charge on any atom is 0.269 e. The van der Waals surface area contributed by atoms with Gasteiger partial charge in [0.05, 0.1) is 11.3 Å². The first-order valence-corrected chi connectivity index (χ1v) is 7.17. The summed E-state index contributed by atoms with van der Waals surface area (Å²) in [6.45, 7) is 2.16. The average molecular weight is 291 g/mol. The molecule has 0 aromatic heterocycles. The van der Waals surface area contributed by atoms with Crippen LogP contribution in [0.5, 0.6) is 0 Å². The third-order valence-corrected chi connectivity index (χ3v) is 2.98. The second-order valence-electron chi connectivity index (χ2n) is 4.80. The second kappa shape index (κ2) is 9.63. The summed E-state index contributed by atoms with van der Waals surface area (Å²) in [4.78, 5) is 21.7. The van der Waals surface area contributed by atoms with Gasteiger partial charge in [-0.05, 0) is 18.4 Å². The Morgan fingerprint density at radius 1 is 1.29 bits per heavy atom. The molecule has 1 N–H and O–H groups in total. The van der Waals surface area contributed by atoms with Gasteiger partial charge in [0.2, 0.25) is 5.91 Å². The van der Waals surface area contributed by atoms with E-state index in [1.165, 1.54) is 31.4 Å². The molecule has 0 aliphatic carbocycles. The molecule has 0 unspecified atom stereocenters. The van der Waals surface area contributed by atoms with Gasteiger partial charge in [0.1, 0.15) is 0 Å². The van der Waals surface area contributed by atoms with E-state index in [0.29, 0.717) is 0 Å². The lowest BCUT2D eigenvalue weighted by Crippen LogP contribution is -2.19. The number of hydrogen-bond acceptors (Lipinski definition) is 4. The van der Waals surface area contributed by atoms with Crippen molar-refractivity contribution in [1.29, 1.82) is 0 Å². The Hall–Kier alpha value is -2.24. The van der Waals surface area contributed by atoms with E-state index < -0.39 is 4.92 Å². The fraction of sp³-hybridized carbons (Fsp3) is 0.467. The van der Waals surface area contributed by atoms with Gasteiger partial charge < -0.3 is 0 Å². The first-order chi connectivity index (χ1) is 10.1. The molecule has 0 fully saturated rings. The largest absolute Gasteiger partial charge is 0.273 e. The van der Waals surface area contributed by atoms with Crippen molar-refractivity contribution in [3.05, 3.63) is 39.9 Å². The molecule has 0 bridgehead atoms. The van der Waals surface area contributed by atoms with E-state index in [1.807, 2.05) is 0 Å². The predicted molar refractivity (Wildman–Crippen MR) is 82.2 cm³/mol. The van der Waals surface area contributed by atoms with Crippen LogP contribution in [0.3, 0.4) is 0 Å². The first-order valence-electron chi connectivity index (χ1n) is 7.17. The number of nitro groups is 1. The van der Waals surface area contributed by atoms with Crippen LogP contribution in [0.1, 0.15) is 44.6 Å². The number of hydrazone groups is 1. The van der Waals surface area contributed by atoms with E-state index in [1.54, 1.807) is 18.3 Å². The maximum atomic E-state index is 11.6. The first kappa shape index (κ1) is 16.8. The highest BCUT2D eigenvalue weighted by molar-refractivity contribution is 5.79. The third-order valence-electron chi connectivity index (χ3n) is 2.98. The van der Waals surface area contributed by atoms with E-state index in [2.05, 4.69) is 17.5 Å². The predicted octanol–water partition coefficient (Wildman–Crippen LogP) is 3.21. The summed E-state index contributed by atoms with van der Waals surface area (Å²) in [5.74, 6) is -0.228. The molecule has 0 spiro atoms. The summed E-state index contributed by atoms with van der Waals surface area (Å²) in [5.41, 5.74) is 3.19. The van der Waals surface area contributed by atoms with Crippen LogP contribution in [0.15, 0.2) is 29.4 Å². The van der Waals surface area contributed by atoms with E-state index in [4.69, 9.17) is 0 Å².